The lowest BCUT2D eigenvalue weighted by Crippen LogP contribution is -2.50. The first-order valence-electron chi connectivity index (χ1n) is 7.57. The molecule has 0 aromatic carbocycles. The Morgan fingerprint density at radius 1 is 1.52 bits per heavy atom. The van der Waals surface area contributed by atoms with Gasteiger partial charge in [0.2, 0.25) is 5.91 Å². The number of furan rings is 1. The molecule has 7 heteroatoms. The number of hydrogen-bond donors (Lipinski definition) is 1. The first-order valence-corrected chi connectivity index (χ1v) is 7.57. The van der Waals surface area contributed by atoms with E-state index in [1.54, 1.807) is 32.4 Å². The molecule has 2 atom stereocenters. The van der Waals surface area contributed by atoms with Gasteiger partial charge in [0.15, 0.2) is 5.76 Å². The van der Waals surface area contributed by atoms with Crippen LogP contribution in [0, 0.1) is 6.92 Å². The second kappa shape index (κ2) is 6.97. The Labute approximate surface area is 134 Å². The maximum atomic E-state index is 12.3. The number of carbonyl (C=O) groups excluding carboxylic acids is 1. The van der Waals surface area contributed by atoms with Crippen LogP contribution in [-0.2, 0) is 20.7 Å². The molecule has 1 amide bonds. The summed E-state index contributed by atoms with van der Waals surface area (Å²) in [6.45, 7) is 2.89. The first-order chi connectivity index (χ1) is 11.2. The van der Waals surface area contributed by atoms with Crippen LogP contribution < -0.4 is 5.32 Å². The van der Waals surface area contributed by atoms with Gasteiger partial charge in [-0.3, -0.25) is 4.79 Å². The third-order valence-corrected chi connectivity index (χ3v) is 3.89. The molecule has 1 aliphatic heterocycles. The van der Waals surface area contributed by atoms with E-state index in [4.69, 9.17) is 18.3 Å². The van der Waals surface area contributed by atoms with Crippen molar-refractivity contribution >= 4 is 5.91 Å². The fourth-order valence-corrected chi connectivity index (χ4v) is 2.64. The maximum Gasteiger partial charge on any atom is 0.263 e. The molecular weight excluding hydrogens is 300 g/mol. The zero-order chi connectivity index (χ0) is 16.2. The number of nitrogens with zero attached hydrogens (tertiary/aromatic N) is 1. The van der Waals surface area contributed by atoms with Gasteiger partial charge in [-0.05, 0) is 25.5 Å². The molecule has 0 saturated carbocycles. The number of amides is 1. The smallest absolute Gasteiger partial charge is 0.263 e. The van der Waals surface area contributed by atoms with Crippen LogP contribution in [0.4, 0.5) is 0 Å². The first kappa shape index (κ1) is 15.8. The molecule has 3 rings (SSSR count). The Hall–Kier alpha value is -2.12. The molecule has 2 aromatic heterocycles. The summed E-state index contributed by atoms with van der Waals surface area (Å²) in [6.07, 6.45) is 2.44. The molecular formula is C16H20N2O5. The van der Waals surface area contributed by atoms with Crippen LogP contribution >= 0.6 is 0 Å². The topological polar surface area (TPSA) is 86.7 Å². The lowest BCUT2D eigenvalue weighted by Gasteiger charge is -2.30. The van der Waals surface area contributed by atoms with E-state index in [0.29, 0.717) is 36.3 Å². The number of oxazole rings is 1. The molecule has 2 aromatic rings. The summed E-state index contributed by atoms with van der Waals surface area (Å²) in [5, 5.41) is 2.95. The largest absolute Gasteiger partial charge is 0.459 e. The molecule has 1 N–H and O–H groups in total. The molecule has 0 unspecified atom stereocenters. The van der Waals surface area contributed by atoms with Gasteiger partial charge in [0, 0.05) is 13.7 Å². The SMILES string of the molecule is CO[C@@H]1CCOC[C@H]1NC(=O)Cc1nc(-c2ccco2)oc1C. The van der Waals surface area contributed by atoms with Gasteiger partial charge in [0.1, 0.15) is 5.76 Å². The van der Waals surface area contributed by atoms with Crippen LogP contribution in [0.1, 0.15) is 17.9 Å². The van der Waals surface area contributed by atoms with Crippen LogP contribution in [0.15, 0.2) is 27.2 Å². The third kappa shape index (κ3) is 3.62. The number of aromatic nitrogens is 1. The molecule has 23 heavy (non-hydrogen) atoms. The van der Waals surface area contributed by atoms with Gasteiger partial charge >= 0.3 is 0 Å². The molecule has 1 saturated heterocycles. The minimum atomic E-state index is -0.141. The molecule has 3 heterocycles. The predicted octanol–water partition coefficient (Wildman–Crippen LogP) is 1.71. The minimum absolute atomic E-state index is 0.0233. The molecule has 1 fully saturated rings. The van der Waals surface area contributed by atoms with Crippen LogP contribution in [0.3, 0.4) is 0 Å². The Bertz CT molecular complexity index is 649. The van der Waals surface area contributed by atoms with Crippen LogP contribution in [0.5, 0.6) is 0 Å². The number of ether oxygens (including phenoxy) is 2. The Kier molecular flexibility index (Phi) is 4.78. The molecule has 0 aliphatic carbocycles. The van der Waals surface area contributed by atoms with Crippen LogP contribution in [0.25, 0.3) is 11.7 Å². The van der Waals surface area contributed by atoms with Crippen molar-refractivity contribution in [1.82, 2.24) is 10.3 Å². The molecule has 0 bridgehead atoms. The van der Waals surface area contributed by atoms with E-state index in [2.05, 4.69) is 10.3 Å². The lowest BCUT2D eigenvalue weighted by atomic mass is 10.1. The average Bonchev–Trinajstić information content (AvgIpc) is 3.18. The monoisotopic (exact) mass is 320 g/mol. The summed E-state index contributed by atoms with van der Waals surface area (Å²) < 4.78 is 21.6. The van der Waals surface area contributed by atoms with E-state index in [0.717, 1.165) is 6.42 Å². The Morgan fingerprint density at radius 3 is 3.13 bits per heavy atom. The summed E-state index contributed by atoms with van der Waals surface area (Å²) in [5.74, 6) is 1.39. The van der Waals surface area contributed by atoms with Crippen molar-refractivity contribution in [3.8, 4) is 11.7 Å². The normalized spacial score (nSPS) is 21.3. The molecule has 0 radical (unpaired) electrons. The van der Waals surface area contributed by atoms with E-state index in [9.17, 15) is 4.79 Å². The highest BCUT2D eigenvalue weighted by atomic mass is 16.5. The fourth-order valence-electron chi connectivity index (χ4n) is 2.64. The number of carbonyl (C=O) groups is 1. The number of methoxy groups -OCH3 is 1. The van der Waals surface area contributed by atoms with Crippen molar-refractivity contribution in [2.45, 2.75) is 31.9 Å². The van der Waals surface area contributed by atoms with Gasteiger partial charge in [-0.25, -0.2) is 4.98 Å². The van der Waals surface area contributed by atoms with Crippen LogP contribution in [0.2, 0.25) is 0 Å². The number of rotatable bonds is 5. The lowest BCUT2D eigenvalue weighted by molar-refractivity contribution is -0.124. The highest BCUT2D eigenvalue weighted by Crippen LogP contribution is 2.22. The second-order valence-electron chi connectivity index (χ2n) is 5.49. The van der Waals surface area contributed by atoms with Gasteiger partial charge in [0.05, 0.1) is 37.1 Å². The van der Waals surface area contributed by atoms with E-state index in [-0.39, 0.29) is 24.5 Å². The van der Waals surface area contributed by atoms with Crippen molar-refractivity contribution in [3.05, 3.63) is 29.9 Å². The maximum absolute atomic E-state index is 12.3. The van der Waals surface area contributed by atoms with Gasteiger partial charge in [0.25, 0.3) is 5.89 Å². The fraction of sp³-hybridized carbons (Fsp3) is 0.500. The van der Waals surface area contributed by atoms with Gasteiger partial charge in [-0.1, -0.05) is 0 Å². The highest BCUT2D eigenvalue weighted by Gasteiger charge is 2.27. The van der Waals surface area contributed by atoms with Crippen molar-refractivity contribution < 1.29 is 23.1 Å². The Balaban J connectivity index is 1.63. The summed E-state index contributed by atoms with van der Waals surface area (Å²) in [4.78, 5) is 16.6. The van der Waals surface area contributed by atoms with Crippen molar-refractivity contribution in [1.29, 1.82) is 0 Å². The second-order valence-corrected chi connectivity index (χ2v) is 5.49. The number of aryl methyl sites for hydroxylation is 1. The van der Waals surface area contributed by atoms with E-state index in [1.807, 2.05) is 0 Å². The molecule has 1 aliphatic rings. The minimum Gasteiger partial charge on any atom is -0.459 e. The summed E-state index contributed by atoms with van der Waals surface area (Å²) >= 11 is 0. The predicted molar refractivity (Wildman–Crippen MR) is 80.8 cm³/mol. The average molecular weight is 320 g/mol. The summed E-state index contributed by atoms with van der Waals surface area (Å²) in [5.41, 5.74) is 0.597. The number of hydrogen-bond acceptors (Lipinski definition) is 6. The Morgan fingerprint density at radius 2 is 2.39 bits per heavy atom. The number of nitrogens with one attached hydrogen (secondary N) is 1. The quantitative estimate of drug-likeness (QED) is 0.902. The standard InChI is InChI=1S/C16H20N2O5/c1-10-11(18-16(23-10)14-4-3-6-22-14)8-15(19)17-12-9-21-7-5-13(12)20-2/h3-4,6,12-13H,5,7-9H2,1-2H3,(H,17,19)/t12-,13-/m1/s1. The van der Waals surface area contributed by atoms with E-state index >= 15 is 0 Å². The third-order valence-electron chi connectivity index (χ3n) is 3.89. The summed E-state index contributed by atoms with van der Waals surface area (Å²) in [7, 11) is 1.65. The molecule has 124 valence electrons. The van der Waals surface area contributed by atoms with Crippen molar-refractivity contribution in [2.24, 2.45) is 0 Å². The highest BCUT2D eigenvalue weighted by molar-refractivity contribution is 5.78. The zero-order valence-electron chi connectivity index (χ0n) is 13.2. The molecule has 7 nitrogen and oxygen atoms in total. The van der Waals surface area contributed by atoms with E-state index < -0.39 is 0 Å². The van der Waals surface area contributed by atoms with Crippen molar-refractivity contribution in [3.63, 3.8) is 0 Å². The zero-order valence-corrected chi connectivity index (χ0v) is 13.2. The van der Waals surface area contributed by atoms with Gasteiger partial charge in [-0.2, -0.15) is 0 Å². The summed E-state index contributed by atoms with van der Waals surface area (Å²) in [6, 6.07) is 3.38. The van der Waals surface area contributed by atoms with Crippen LogP contribution in [-0.4, -0.2) is 43.4 Å². The van der Waals surface area contributed by atoms with Gasteiger partial charge < -0.3 is 23.6 Å². The van der Waals surface area contributed by atoms with E-state index in [1.165, 1.54) is 0 Å². The van der Waals surface area contributed by atoms with Gasteiger partial charge in [-0.15, -0.1) is 0 Å². The molecule has 0 spiro atoms. The van der Waals surface area contributed by atoms with Crippen molar-refractivity contribution in [2.75, 3.05) is 20.3 Å².